The molecule has 0 saturated heterocycles. The molecule has 0 fully saturated rings. The Morgan fingerprint density at radius 1 is 1.07 bits per heavy atom. The number of carbonyl (C=O) groups is 1. The predicted octanol–water partition coefficient (Wildman–Crippen LogP) is 4.10. The van der Waals surface area contributed by atoms with E-state index in [2.05, 4.69) is 0 Å². The highest BCUT2D eigenvalue weighted by Gasteiger charge is 2.38. The maximum Gasteiger partial charge on any atom is 0.313 e. The van der Waals surface area contributed by atoms with E-state index in [-0.39, 0.29) is 16.6 Å². The molecule has 0 aliphatic carbocycles. The Balaban J connectivity index is 2.91. The van der Waals surface area contributed by atoms with Crippen molar-refractivity contribution in [2.75, 3.05) is 13.8 Å². The van der Waals surface area contributed by atoms with Crippen LogP contribution in [-0.2, 0) is 19.6 Å². The van der Waals surface area contributed by atoms with Gasteiger partial charge in [0, 0.05) is 19.2 Å². The quantitative estimate of drug-likeness (QED) is 0.220. The molecule has 0 aromatic heterocycles. The molecule has 0 spiro atoms. The highest BCUT2D eigenvalue weighted by atomic mass is 32.2. The minimum atomic E-state index is -3.93. The SMILES string of the molecule is CCCC(CCC)(CCC)C(=O)OCN(C)S(=O)(=O)c1ccc([N+](=O)[O-])cc1. The van der Waals surface area contributed by atoms with Crippen molar-refractivity contribution in [1.29, 1.82) is 0 Å². The third-order valence-corrected chi connectivity index (χ3v) is 6.55. The van der Waals surface area contributed by atoms with Crippen molar-refractivity contribution in [3.05, 3.63) is 34.4 Å². The van der Waals surface area contributed by atoms with Crippen molar-refractivity contribution in [2.45, 2.75) is 64.2 Å². The maximum absolute atomic E-state index is 12.8. The van der Waals surface area contributed by atoms with Gasteiger partial charge in [-0.1, -0.05) is 40.0 Å². The van der Waals surface area contributed by atoms with Gasteiger partial charge in [0.25, 0.3) is 5.69 Å². The molecule has 1 rings (SSSR count). The fourth-order valence-electron chi connectivity index (χ4n) is 3.41. The third kappa shape index (κ3) is 5.75. The minimum absolute atomic E-state index is 0.0985. The standard InChI is InChI=1S/C19H30N2O6S/c1-5-12-19(13-6-2,14-7-3)18(22)27-15-20(4)28(25,26)17-10-8-16(9-11-17)21(23)24/h8-11H,5-7,12-15H2,1-4H3. The van der Waals surface area contributed by atoms with Gasteiger partial charge < -0.3 is 4.74 Å². The molecule has 9 heteroatoms. The molecule has 0 amide bonds. The lowest BCUT2D eigenvalue weighted by atomic mass is 9.76. The number of non-ortho nitro benzene ring substituents is 1. The topological polar surface area (TPSA) is 107 Å². The van der Waals surface area contributed by atoms with Crippen molar-refractivity contribution in [3.63, 3.8) is 0 Å². The number of ether oxygens (including phenoxy) is 1. The molecule has 0 saturated carbocycles. The molecule has 0 heterocycles. The first kappa shape index (κ1) is 24.0. The van der Waals surface area contributed by atoms with Crippen molar-refractivity contribution in [3.8, 4) is 0 Å². The summed E-state index contributed by atoms with van der Waals surface area (Å²) < 4.78 is 31.6. The number of nitro groups is 1. The van der Waals surface area contributed by atoms with Crippen LogP contribution in [0.1, 0.15) is 59.3 Å². The summed E-state index contributed by atoms with van der Waals surface area (Å²) in [6.07, 6.45) is 4.62. The van der Waals surface area contributed by atoms with Crippen molar-refractivity contribution in [1.82, 2.24) is 4.31 Å². The largest absolute Gasteiger partial charge is 0.448 e. The molecule has 0 N–H and O–H groups in total. The first-order valence-corrected chi connectivity index (χ1v) is 11.0. The number of nitro benzene ring substituents is 1. The Hall–Kier alpha value is -2.00. The smallest absolute Gasteiger partial charge is 0.313 e. The number of rotatable bonds is 12. The molecule has 8 nitrogen and oxygen atoms in total. The zero-order valence-electron chi connectivity index (χ0n) is 17.0. The molecule has 0 unspecified atom stereocenters. The van der Waals surface area contributed by atoms with Gasteiger partial charge in [-0.2, -0.15) is 4.31 Å². The second kappa shape index (κ2) is 10.5. The predicted molar refractivity (Wildman–Crippen MR) is 106 cm³/mol. The van der Waals surface area contributed by atoms with Crippen LogP contribution in [0.25, 0.3) is 0 Å². The summed E-state index contributed by atoms with van der Waals surface area (Å²) in [6, 6.07) is 4.59. The van der Waals surface area contributed by atoms with Gasteiger partial charge in [-0.15, -0.1) is 0 Å². The normalized spacial score (nSPS) is 12.2. The van der Waals surface area contributed by atoms with Gasteiger partial charge in [0.1, 0.15) is 0 Å². The van der Waals surface area contributed by atoms with E-state index in [1.54, 1.807) is 0 Å². The number of hydrogen-bond acceptors (Lipinski definition) is 6. The summed E-state index contributed by atoms with van der Waals surface area (Å²) in [5.74, 6) is -0.371. The molecule has 0 radical (unpaired) electrons. The summed E-state index contributed by atoms with van der Waals surface area (Å²) in [5, 5.41) is 10.7. The first-order chi connectivity index (χ1) is 13.1. The molecule has 1 aromatic rings. The van der Waals surface area contributed by atoms with Crippen LogP contribution < -0.4 is 0 Å². The van der Waals surface area contributed by atoms with Crippen LogP contribution >= 0.6 is 0 Å². The van der Waals surface area contributed by atoms with Crippen LogP contribution in [0.15, 0.2) is 29.2 Å². The molecule has 0 aliphatic heterocycles. The molecule has 158 valence electrons. The van der Waals surface area contributed by atoms with E-state index in [4.69, 9.17) is 4.74 Å². The second-order valence-electron chi connectivity index (χ2n) is 6.95. The van der Waals surface area contributed by atoms with Gasteiger partial charge >= 0.3 is 5.97 Å². The number of sulfonamides is 1. The van der Waals surface area contributed by atoms with Crippen LogP contribution in [0.4, 0.5) is 5.69 Å². The van der Waals surface area contributed by atoms with Crippen molar-refractivity contribution in [2.24, 2.45) is 5.41 Å². The van der Waals surface area contributed by atoms with Crippen LogP contribution in [0.2, 0.25) is 0 Å². The number of carbonyl (C=O) groups excluding carboxylic acids is 1. The summed E-state index contributed by atoms with van der Waals surface area (Å²) in [5.41, 5.74) is -0.785. The van der Waals surface area contributed by atoms with E-state index in [0.29, 0.717) is 19.3 Å². The second-order valence-corrected chi connectivity index (χ2v) is 8.99. The van der Waals surface area contributed by atoms with Gasteiger partial charge in [-0.25, -0.2) is 8.42 Å². The summed E-state index contributed by atoms with van der Waals surface area (Å²) >= 11 is 0. The Morgan fingerprint density at radius 2 is 1.54 bits per heavy atom. The monoisotopic (exact) mass is 414 g/mol. The Bertz CT molecular complexity index is 744. The highest BCUT2D eigenvalue weighted by Crippen LogP contribution is 2.36. The first-order valence-electron chi connectivity index (χ1n) is 9.52. The van der Waals surface area contributed by atoms with E-state index in [0.717, 1.165) is 35.7 Å². The molecule has 0 bridgehead atoms. The van der Waals surface area contributed by atoms with Crippen LogP contribution in [-0.4, -0.2) is 37.4 Å². The van der Waals surface area contributed by atoms with Crippen LogP contribution in [0.3, 0.4) is 0 Å². The average molecular weight is 415 g/mol. The molecular formula is C19H30N2O6S. The highest BCUT2D eigenvalue weighted by molar-refractivity contribution is 7.89. The molecule has 0 atom stereocenters. The summed E-state index contributed by atoms with van der Waals surface area (Å²) in [6.45, 7) is 5.63. The van der Waals surface area contributed by atoms with Crippen LogP contribution in [0, 0.1) is 15.5 Å². The lowest BCUT2D eigenvalue weighted by Crippen LogP contribution is -2.37. The van der Waals surface area contributed by atoms with Crippen LogP contribution in [0.5, 0.6) is 0 Å². The Kier molecular flexibility index (Phi) is 9.03. The summed E-state index contributed by atoms with van der Waals surface area (Å²) in [4.78, 5) is 22.8. The maximum atomic E-state index is 12.8. The van der Waals surface area contributed by atoms with Crippen molar-refractivity contribution >= 4 is 21.7 Å². The number of esters is 1. The zero-order chi connectivity index (χ0) is 21.4. The van der Waals surface area contributed by atoms with E-state index < -0.39 is 27.1 Å². The van der Waals surface area contributed by atoms with E-state index in [9.17, 15) is 23.3 Å². The van der Waals surface area contributed by atoms with Gasteiger partial charge in [-0.3, -0.25) is 14.9 Å². The van der Waals surface area contributed by atoms with E-state index in [1.807, 2.05) is 20.8 Å². The molecule has 0 aliphatic rings. The average Bonchev–Trinajstić information content (AvgIpc) is 2.66. The number of benzene rings is 1. The zero-order valence-corrected chi connectivity index (χ0v) is 17.8. The Labute approximate surface area is 167 Å². The van der Waals surface area contributed by atoms with Gasteiger partial charge in [0.15, 0.2) is 6.73 Å². The third-order valence-electron chi connectivity index (χ3n) is 4.75. The fraction of sp³-hybridized carbons (Fsp3) is 0.632. The lowest BCUT2D eigenvalue weighted by molar-refractivity contribution is -0.384. The van der Waals surface area contributed by atoms with Gasteiger partial charge in [-0.05, 0) is 31.4 Å². The molecule has 28 heavy (non-hydrogen) atoms. The number of hydrogen-bond donors (Lipinski definition) is 0. The minimum Gasteiger partial charge on any atom is -0.448 e. The molecule has 1 aromatic carbocycles. The number of nitrogens with zero attached hydrogens (tertiary/aromatic N) is 2. The fourth-order valence-corrected chi connectivity index (χ4v) is 4.44. The lowest BCUT2D eigenvalue weighted by Gasteiger charge is -2.31. The van der Waals surface area contributed by atoms with Crippen molar-refractivity contribution < 1.29 is 22.9 Å². The Morgan fingerprint density at radius 3 is 1.93 bits per heavy atom. The van der Waals surface area contributed by atoms with E-state index in [1.165, 1.54) is 19.2 Å². The summed E-state index contributed by atoms with van der Waals surface area (Å²) in [7, 11) is -2.62. The van der Waals surface area contributed by atoms with E-state index >= 15 is 0 Å². The molecular weight excluding hydrogens is 384 g/mol. The van der Waals surface area contributed by atoms with Gasteiger partial charge in [0.05, 0.1) is 15.2 Å². The van der Waals surface area contributed by atoms with Gasteiger partial charge in [0.2, 0.25) is 10.0 Å².